The zero-order valence-corrected chi connectivity index (χ0v) is 14.1. The van der Waals surface area contributed by atoms with Crippen LogP contribution in [0.4, 0.5) is 10.1 Å². The van der Waals surface area contributed by atoms with Gasteiger partial charge in [0.25, 0.3) is 6.41 Å². The first-order chi connectivity index (χ1) is 11.3. The molecule has 5 nitrogen and oxygen atoms in total. The number of rotatable bonds is 3. The topological polar surface area (TPSA) is 66.8 Å². The Balaban J connectivity index is 1.92. The Morgan fingerprint density at radius 3 is 2.50 bits per heavy atom. The van der Waals surface area contributed by atoms with Crippen LogP contribution in [0.5, 0.6) is 0 Å². The van der Waals surface area contributed by atoms with E-state index >= 15 is 0 Å². The second-order valence-electron chi connectivity index (χ2n) is 5.95. The molecule has 0 bridgehead atoms. The molecule has 7 heteroatoms. The van der Waals surface area contributed by atoms with E-state index in [-0.39, 0.29) is 11.7 Å². The van der Waals surface area contributed by atoms with Gasteiger partial charge in [0.2, 0.25) is 0 Å². The standard InChI is InChI=1S/C17H18FNO4S/c1-11-9-12(3-8-16(11)24(2,21)22)15-10-23-17(20)19(15)14-6-4-13(18)5-7-14/h3-11,16-17,20H,1-2H3. The van der Waals surface area contributed by atoms with Crippen LogP contribution >= 0.6 is 0 Å². The Morgan fingerprint density at radius 1 is 1.25 bits per heavy atom. The van der Waals surface area contributed by atoms with Gasteiger partial charge in [0.15, 0.2) is 9.84 Å². The van der Waals surface area contributed by atoms with Gasteiger partial charge in [-0.3, -0.25) is 4.90 Å². The number of allylic oxidation sites excluding steroid dienone is 2. The lowest BCUT2D eigenvalue weighted by atomic mass is 9.95. The van der Waals surface area contributed by atoms with Crippen molar-refractivity contribution in [2.75, 3.05) is 11.2 Å². The van der Waals surface area contributed by atoms with E-state index in [1.165, 1.54) is 41.7 Å². The summed E-state index contributed by atoms with van der Waals surface area (Å²) in [4.78, 5) is 1.52. The van der Waals surface area contributed by atoms with Crippen LogP contribution in [0, 0.1) is 11.7 Å². The van der Waals surface area contributed by atoms with Crippen LogP contribution in [0.1, 0.15) is 6.92 Å². The lowest BCUT2D eigenvalue weighted by molar-refractivity contribution is -0.0308. The van der Waals surface area contributed by atoms with E-state index in [1.54, 1.807) is 12.2 Å². The molecule has 0 saturated heterocycles. The number of ether oxygens (including phenoxy) is 1. The summed E-state index contributed by atoms with van der Waals surface area (Å²) in [5, 5.41) is 9.49. The maximum Gasteiger partial charge on any atom is 0.285 e. The monoisotopic (exact) mass is 351 g/mol. The maximum absolute atomic E-state index is 13.1. The number of anilines is 1. The van der Waals surface area contributed by atoms with E-state index in [1.807, 2.05) is 13.0 Å². The molecule has 1 aliphatic heterocycles. The van der Waals surface area contributed by atoms with Crippen molar-refractivity contribution < 1.29 is 22.7 Å². The number of aliphatic hydroxyl groups excluding tert-OH is 1. The van der Waals surface area contributed by atoms with Crippen molar-refractivity contribution in [2.45, 2.75) is 18.6 Å². The second kappa shape index (κ2) is 6.07. The van der Waals surface area contributed by atoms with E-state index < -0.39 is 21.5 Å². The predicted molar refractivity (Wildman–Crippen MR) is 89.1 cm³/mol. The van der Waals surface area contributed by atoms with Gasteiger partial charge < -0.3 is 9.84 Å². The van der Waals surface area contributed by atoms with Gasteiger partial charge in [-0.2, -0.15) is 0 Å². The number of sulfone groups is 1. The third-order valence-electron chi connectivity index (χ3n) is 4.10. The van der Waals surface area contributed by atoms with Crippen molar-refractivity contribution >= 4 is 15.5 Å². The second-order valence-corrected chi connectivity index (χ2v) is 8.15. The summed E-state index contributed by atoms with van der Waals surface area (Å²) in [6.45, 7) is 1.82. The fourth-order valence-electron chi connectivity index (χ4n) is 2.95. The molecule has 24 heavy (non-hydrogen) atoms. The molecule has 0 radical (unpaired) electrons. The van der Waals surface area contributed by atoms with Gasteiger partial charge in [0.05, 0.1) is 10.9 Å². The van der Waals surface area contributed by atoms with Gasteiger partial charge in [-0.1, -0.05) is 25.2 Å². The zero-order chi connectivity index (χ0) is 17.5. The van der Waals surface area contributed by atoms with Gasteiger partial charge in [-0.05, 0) is 35.8 Å². The minimum atomic E-state index is -3.19. The van der Waals surface area contributed by atoms with Crippen LogP contribution in [0.25, 0.3) is 0 Å². The highest BCUT2D eigenvalue weighted by atomic mass is 32.2. The van der Waals surface area contributed by atoms with Crippen molar-refractivity contribution in [3.8, 4) is 0 Å². The maximum atomic E-state index is 13.1. The van der Waals surface area contributed by atoms with Crippen LogP contribution in [0.3, 0.4) is 0 Å². The Labute approximate surface area is 140 Å². The smallest absolute Gasteiger partial charge is 0.285 e. The third kappa shape index (κ3) is 3.09. The van der Waals surface area contributed by atoms with E-state index in [0.29, 0.717) is 11.4 Å². The molecule has 1 heterocycles. The molecule has 1 N–H and O–H groups in total. The van der Waals surface area contributed by atoms with Crippen LogP contribution in [-0.4, -0.2) is 31.4 Å². The Bertz CT molecular complexity index is 827. The van der Waals surface area contributed by atoms with Crippen molar-refractivity contribution in [2.24, 2.45) is 5.92 Å². The minimum Gasteiger partial charge on any atom is -0.452 e. The highest BCUT2D eigenvalue weighted by Crippen LogP contribution is 2.34. The largest absolute Gasteiger partial charge is 0.452 e. The van der Waals surface area contributed by atoms with Gasteiger partial charge >= 0.3 is 0 Å². The number of hydrogen-bond acceptors (Lipinski definition) is 5. The van der Waals surface area contributed by atoms with Gasteiger partial charge in [0.1, 0.15) is 12.1 Å². The molecule has 3 unspecified atom stereocenters. The van der Waals surface area contributed by atoms with Crippen molar-refractivity contribution in [3.63, 3.8) is 0 Å². The average molecular weight is 351 g/mol. The molecule has 0 spiro atoms. The molecule has 128 valence electrons. The Morgan fingerprint density at radius 2 is 1.92 bits per heavy atom. The molecule has 2 aliphatic rings. The molecule has 0 amide bonds. The van der Waals surface area contributed by atoms with Crippen LogP contribution in [0.15, 0.2) is 60.0 Å². The Kier molecular flexibility index (Phi) is 4.23. The third-order valence-corrected chi connectivity index (χ3v) is 5.68. The van der Waals surface area contributed by atoms with Gasteiger partial charge in [0, 0.05) is 11.9 Å². The first kappa shape index (κ1) is 16.7. The van der Waals surface area contributed by atoms with Gasteiger partial charge in [-0.15, -0.1) is 0 Å². The molecule has 1 aromatic rings. The van der Waals surface area contributed by atoms with Gasteiger partial charge in [-0.25, -0.2) is 12.8 Å². The molecule has 3 rings (SSSR count). The highest BCUT2D eigenvalue weighted by molar-refractivity contribution is 7.91. The summed E-state index contributed by atoms with van der Waals surface area (Å²) >= 11 is 0. The summed E-state index contributed by atoms with van der Waals surface area (Å²) in [6.07, 6.45) is 6.58. The zero-order valence-electron chi connectivity index (χ0n) is 13.3. The molecule has 0 saturated carbocycles. The quantitative estimate of drug-likeness (QED) is 0.905. The van der Waals surface area contributed by atoms with E-state index in [4.69, 9.17) is 4.74 Å². The molecule has 0 aromatic heterocycles. The summed E-state index contributed by atoms with van der Waals surface area (Å²) in [5.41, 5.74) is 1.90. The van der Waals surface area contributed by atoms with Crippen LogP contribution < -0.4 is 4.90 Å². The predicted octanol–water partition coefficient (Wildman–Crippen LogP) is 2.33. The number of benzene rings is 1. The first-order valence-corrected chi connectivity index (χ1v) is 9.40. The normalized spacial score (nSPS) is 26.8. The number of halogens is 1. The van der Waals surface area contributed by atoms with Crippen molar-refractivity contribution in [1.29, 1.82) is 0 Å². The molecule has 1 aromatic carbocycles. The number of nitrogens with zero attached hydrogens (tertiary/aromatic N) is 1. The van der Waals surface area contributed by atoms with E-state index in [9.17, 15) is 17.9 Å². The van der Waals surface area contributed by atoms with Crippen molar-refractivity contribution in [3.05, 3.63) is 65.8 Å². The highest BCUT2D eigenvalue weighted by Gasteiger charge is 2.32. The lowest BCUT2D eigenvalue weighted by Gasteiger charge is -2.27. The summed E-state index contributed by atoms with van der Waals surface area (Å²) in [5.74, 6) is -0.589. The first-order valence-electron chi connectivity index (χ1n) is 7.45. The summed E-state index contributed by atoms with van der Waals surface area (Å²) < 4.78 is 41.9. The SMILES string of the molecule is CC1C=C(C2=COC(O)N2c2ccc(F)cc2)C=CC1S(C)(=O)=O. The minimum absolute atomic E-state index is 0.214. The fraction of sp³-hybridized carbons (Fsp3) is 0.294. The molecular weight excluding hydrogens is 333 g/mol. The molecule has 0 fully saturated rings. The summed E-state index contributed by atoms with van der Waals surface area (Å²) in [6, 6.07) is 5.67. The number of hydrogen-bond donors (Lipinski definition) is 1. The van der Waals surface area contributed by atoms with E-state index in [2.05, 4.69) is 0 Å². The Hall–Kier alpha value is -2.12. The number of aliphatic hydroxyl groups is 1. The van der Waals surface area contributed by atoms with Crippen molar-refractivity contribution in [1.82, 2.24) is 0 Å². The fourth-order valence-corrected chi connectivity index (χ4v) is 4.17. The molecule has 3 atom stereocenters. The average Bonchev–Trinajstić information content (AvgIpc) is 2.88. The summed E-state index contributed by atoms with van der Waals surface area (Å²) in [7, 11) is -3.19. The van der Waals surface area contributed by atoms with E-state index in [0.717, 1.165) is 5.57 Å². The van der Waals surface area contributed by atoms with Crippen LogP contribution in [-0.2, 0) is 14.6 Å². The molecule has 1 aliphatic carbocycles. The lowest BCUT2D eigenvalue weighted by Crippen LogP contribution is -2.32. The van der Waals surface area contributed by atoms with Crippen LogP contribution in [0.2, 0.25) is 0 Å². The molecular formula is C17H18FNO4S.